The van der Waals surface area contributed by atoms with Crippen molar-refractivity contribution in [2.75, 3.05) is 45.6 Å². The van der Waals surface area contributed by atoms with Gasteiger partial charge in [-0.1, -0.05) is 0 Å². The van der Waals surface area contributed by atoms with Crippen LogP contribution in [0.15, 0.2) is 0 Å². The maximum atomic E-state index is 12.8. The fraction of sp³-hybridized carbons (Fsp3) is 0.923. The second-order valence-electron chi connectivity index (χ2n) is 5.10. The third kappa shape index (κ3) is 3.71. The fourth-order valence-electron chi connectivity index (χ4n) is 2.58. The molecule has 1 aliphatic rings. The van der Waals surface area contributed by atoms with Crippen molar-refractivity contribution in [1.29, 1.82) is 0 Å². The minimum atomic E-state index is -3.44. The van der Waals surface area contributed by atoms with Gasteiger partial charge in [-0.3, -0.25) is 4.79 Å². The van der Waals surface area contributed by atoms with Crippen LogP contribution in [-0.2, 0) is 19.4 Å². The first kappa shape index (κ1) is 17.4. The Hall–Kier alpha value is -0.660. The van der Waals surface area contributed by atoms with Crippen molar-refractivity contribution in [3.05, 3.63) is 0 Å². The van der Waals surface area contributed by atoms with Crippen LogP contribution >= 0.6 is 0 Å². The van der Waals surface area contributed by atoms with Gasteiger partial charge in [0, 0.05) is 26.0 Å². The summed E-state index contributed by atoms with van der Waals surface area (Å²) in [4.78, 5) is 14.4. The van der Waals surface area contributed by atoms with E-state index in [1.165, 1.54) is 6.26 Å². The van der Waals surface area contributed by atoms with E-state index in [2.05, 4.69) is 5.32 Å². The Labute approximate surface area is 121 Å². The van der Waals surface area contributed by atoms with E-state index < -0.39 is 14.6 Å². The molecule has 1 N–H and O–H groups in total. The summed E-state index contributed by atoms with van der Waals surface area (Å²) in [5.41, 5.74) is 0. The van der Waals surface area contributed by atoms with Crippen molar-refractivity contribution >= 4 is 15.7 Å². The highest BCUT2D eigenvalue weighted by molar-refractivity contribution is 7.92. The van der Waals surface area contributed by atoms with E-state index in [4.69, 9.17) is 4.74 Å². The SMILES string of the molecule is CCOCCN(CC)C(=O)C1(S(C)(=O)=O)CCNCC1. The smallest absolute Gasteiger partial charge is 0.244 e. The average Bonchev–Trinajstić information content (AvgIpc) is 2.42. The van der Waals surface area contributed by atoms with E-state index in [1.54, 1.807) is 4.90 Å². The molecule has 0 aromatic carbocycles. The molecule has 7 heteroatoms. The first-order valence-corrected chi connectivity index (χ1v) is 9.05. The van der Waals surface area contributed by atoms with Gasteiger partial charge >= 0.3 is 0 Å². The lowest BCUT2D eigenvalue weighted by Gasteiger charge is -2.38. The number of amides is 1. The molecule has 6 nitrogen and oxygen atoms in total. The first-order chi connectivity index (χ1) is 9.39. The molecule has 20 heavy (non-hydrogen) atoms. The summed E-state index contributed by atoms with van der Waals surface area (Å²) < 4.78 is 28.4. The molecule has 1 aliphatic heterocycles. The zero-order valence-corrected chi connectivity index (χ0v) is 13.5. The lowest BCUT2D eigenvalue weighted by Crippen LogP contribution is -2.58. The van der Waals surface area contributed by atoms with E-state index in [0.717, 1.165) is 0 Å². The minimum absolute atomic E-state index is 0.274. The maximum absolute atomic E-state index is 12.8. The maximum Gasteiger partial charge on any atom is 0.244 e. The number of hydrogen-bond donors (Lipinski definition) is 1. The van der Waals surface area contributed by atoms with Crippen molar-refractivity contribution in [2.24, 2.45) is 0 Å². The number of hydrogen-bond acceptors (Lipinski definition) is 5. The monoisotopic (exact) mass is 306 g/mol. The molecular formula is C13H26N2O4S. The van der Waals surface area contributed by atoms with Gasteiger partial charge in [0.05, 0.1) is 6.61 Å². The number of nitrogens with zero attached hydrogens (tertiary/aromatic N) is 1. The van der Waals surface area contributed by atoms with Gasteiger partial charge < -0.3 is 15.0 Å². The molecule has 118 valence electrons. The minimum Gasteiger partial charge on any atom is -0.380 e. The van der Waals surface area contributed by atoms with Crippen molar-refractivity contribution in [1.82, 2.24) is 10.2 Å². The predicted molar refractivity (Wildman–Crippen MR) is 78.4 cm³/mol. The molecule has 0 saturated carbocycles. The highest BCUT2D eigenvalue weighted by atomic mass is 32.2. The zero-order valence-electron chi connectivity index (χ0n) is 12.6. The van der Waals surface area contributed by atoms with Crippen LogP contribution in [0.1, 0.15) is 26.7 Å². The number of ether oxygens (including phenoxy) is 1. The highest BCUT2D eigenvalue weighted by Crippen LogP contribution is 2.30. The molecule has 1 amide bonds. The zero-order chi connectivity index (χ0) is 15.2. The summed E-state index contributed by atoms with van der Waals surface area (Å²) in [6.07, 6.45) is 1.86. The standard InChI is InChI=1S/C13H26N2O4S/c1-4-15(10-11-19-5-2)12(16)13(20(3,17)18)6-8-14-9-7-13/h14H,4-11H2,1-3H3. The molecule has 1 heterocycles. The summed E-state index contributed by atoms with van der Waals surface area (Å²) in [5, 5.41) is 3.12. The quantitative estimate of drug-likeness (QED) is 0.672. The van der Waals surface area contributed by atoms with Gasteiger partial charge in [0.1, 0.15) is 0 Å². The molecule has 0 spiro atoms. The van der Waals surface area contributed by atoms with Gasteiger partial charge in [-0.15, -0.1) is 0 Å². The molecule has 0 bridgehead atoms. The van der Waals surface area contributed by atoms with E-state index in [-0.39, 0.29) is 5.91 Å². The van der Waals surface area contributed by atoms with E-state index in [1.807, 2.05) is 13.8 Å². The number of carbonyl (C=O) groups is 1. The van der Waals surface area contributed by atoms with Crippen molar-refractivity contribution < 1.29 is 17.9 Å². The van der Waals surface area contributed by atoms with Crippen molar-refractivity contribution in [3.63, 3.8) is 0 Å². The van der Waals surface area contributed by atoms with E-state index >= 15 is 0 Å². The van der Waals surface area contributed by atoms with Crippen LogP contribution in [0, 0.1) is 0 Å². The first-order valence-electron chi connectivity index (χ1n) is 7.16. The Balaban J connectivity index is 2.92. The number of nitrogens with one attached hydrogen (secondary N) is 1. The van der Waals surface area contributed by atoms with Crippen LogP contribution in [0.2, 0.25) is 0 Å². The largest absolute Gasteiger partial charge is 0.380 e. The molecule has 0 aromatic rings. The van der Waals surface area contributed by atoms with Crippen LogP contribution in [0.3, 0.4) is 0 Å². The molecule has 0 radical (unpaired) electrons. The molecule has 1 saturated heterocycles. The van der Waals surface area contributed by atoms with E-state index in [0.29, 0.717) is 52.2 Å². The second-order valence-corrected chi connectivity index (χ2v) is 7.42. The number of carbonyl (C=O) groups excluding carboxylic acids is 1. The van der Waals surface area contributed by atoms with Crippen LogP contribution < -0.4 is 5.32 Å². The van der Waals surface area contributed by atoms with Gasteiger partial charge in [-0.2, -0.15) is 0 Å². The lowest BCUT2D eigenvalue weighted by molar-refractivity contribution is -0.135. The number of likely N-dealkylation sites (N-methyl/N-ethyl adjacent to an activating group) is 1. The summed E-state index contributed by atoms with van der Waals surface area (Å²) in [7, 11) is -3.44. The van der Waals surface area contributed by atoms with Gasteiger partial charge in [0.2, 0.25) is 5.91 Å². The predicted octanol–water partition coefficient (Wildman–Crippen LogP) is 0.0382. The van der Waals surface area contributed by atoms with Crippen molar-refractivity contribution in [2.45, 2.75) is 31.4 Å². The topological polar surface area (TPSA) is 75.7 Å². The second kappa shape index (κ2) is 7.38. The van der Waals surface area contributed by atoms with Gasteiger partial charge in [0.25, 0.3) is 0 Å². The van der Waals surface area contributed by atoms with Gasteiger partial charge in [-0.25, -0.2) is 8.42 Å². The highest BCUT2D eigenvalue weighted by Gasteiger charge is 2.50. The number of rotatable bonds is 7. The molecule has 0 atom stereocenters. The third-order valence-electron chi connectivity index (χ3n) is 3.89. The average molecular weight is 306 g/mol. The lowest BCUT2D eigenvalue weighted by atomic mass is 9.95. The normalized spacial score (nSPS) is 18.8. The Morgan fingerprint density at radius 1 is 1.30 bits per heavy atom. The van der Waals surface area contributed by atoms with Crippen LogP contribution in [0.4, 0.5) is 0 Å². The fourth-order valence-corrected chi connectivity index (χ4v) is 3.98. The molecule has 0 aliphatic carbocycles. The Bertz CT molecular complexity index is 416. The van der Waals surface area contributed by atoms with Crippen LogP contribution in [-0.4, -0.2) is 69.6 Å². The molecular weight excluding hydrogens is 280 g/mol. The van der Waals surface area contributed by atoms with Crippen LogP contribution in [0.5, 0.6) is 0 Å². The Morgan fingerprint density at radius 2 is 1.90 bits per heavy atom. The Morgan fingerprint density at radius 3 is 2.35 bits per heavy atom. The summed E-state index contributed by atoms with van der Waals surface area (Å²) in [6, 6.07) is 0. The molecule has 0 aromatic heterocycles. The summed E-state index contributed by atoms with van der Waals surface area (Å²) in [6.45, 7) is 6.83. The summed E-state index contributed by atoms with van der Waals surface area (Å²) >= 11 is 0. The van der Waals surface area contributed by atoms with Gasteiger partial charge in [0.15, 0.2) is 14.6 Å². The van der Waals surface area contributed by atoms with Gasteiger partial charge in [-0.05, 0) is 39.8 Å². The summed E-state index contributed by atoms with van der Waals surface area (Å²) in [5.74, 6) is -0.274. The Kier molecular flexibility index (Phi) is 6.42. The molecule has 1 fully saturated rings. The van der Waals surface area contributed by atoms with E-state index in [9.17, 15) is 13.2 Å². The number of piperidine rings is 1. The third-order valence-corrected chi connectivity index (χ3v) is 5.89. The van der Waals surface area contributed by atoms with Crippen molar-refractivity contribution in [3.8, 4) is 0 Å². The molecule has 1 rings (SSSR count). The number of sulfone groups is 1. The molecule has 0 unspecified atom stereocenters. The van der Waals surface area contributed by atoms with Crippen LogP contribution in [0.25, 0.3) is 0 Å².